The van der Waals surface area contributed by atoms with Crippen LogP contribution in [0.1, 0.15) is 39.0 Å². The second-order valence-electron chi connectivity index (χ2n) is 5.43. The molecule has 138 valence electrons. The summed E-state index contributed by atoms with van der Waals surface area (Å²) in [6.07, 6.45) is 0. The third-order valence-electron chi connectivity index (χ3n) is 3.67. The lowest BCUT2D eigenvalue weighted by molar-refractivity contribution is -0.385. The number of nitrogens with zero attached hydrogens (tertiary/aromatic N) is 1. The summed E-state index contributed by atoms with van der Waals surface area (Å²) in [5.41, 5.74) is 1.10. The van der Waals surface area contributed by atoms with Crippen molar-refractivity contribution >= 4 is 29.0 Å². The van der Waals surface area contributed by atoms with Crippen LogP contribution < -0.4 is 4.74 Å². The zero-order chi connectivity index (χ0) is 19.4. The SMILES string of the molecule is CCOC(=O)c1[nH]c(C)c(C(=O)COc2ccc(Cl)cc2[N+](=O)[O-])c1C. The second kappa shape index (κ2) is 8.01. The van der Waals surface area contributed by atoms with E-state index in [0.717, 1.165) is 6.07 Å². The van der Waals surface area contributed by atoms with Crippen LogP contribution in [0.3, 0.4) is 0 Å². The molecule has 0 spiro atoms. The molecular weight excluding hydrogens is 364 g/mol. The summed E-state index contributed by atoms with van der Waals surface area (Å²) in [6.45, 7) is 4.73. The number of ether oxygens (including phenoxy) is 2. The first-order valence-electron chi connectivity index (χ1n) is 7.72. The molecule has 0 radical (unpaired) electrons. The number of aromatic amines is 1. The number of carbonyl (C=O) groups is 2. The number of H-pyrrole nitrogens is 1. The summed E-state index contributed by atoms with van der Waals surface area (Å²) in [6, 6.07) is 3.90. The van der Waals surface area contributed by atoms with Crippen LogP contribution in [0.4, 0.5) is 5.69 Å². The number of hydrogen-bond donors (Lipinski definition) is 1. The van der Waals surface area contributed by atoms with Crippen molar-refractivity contribution in [1.82, 2.24) is 4.98 Å². The van der Waals surface area contributed by atoms with Crippen LogP contribution in [-0.4, -0.2) is 34.9 Å². The molecule has 9 heteroatoms. The number of nitro groups is 1. The zero-order valence-corrected chi connectivity index (χ0v) is 15.2. The van der Waals surface area contributed by atoms with Gasteiger partial charge in [-0.25, -0.2) is 4.79 Å². The van der Waals surface area contributed by atoms with Crippen LogP contribution in [0.25, 0.3) is 0 Å². The number of nitrogens with one attached hydrogen (secondary N) is 1. The maximum absolute atomic E-state index is 12.5. The predicted octanol–water partition coefficient (Wildman–Crippen LogP) is 3.63. The predicted molar refractivity (Wildman–Crippen MR) is 94.2 cm³/mol. The van der Waals surface area contributed by atoms with Gasteiger partial charge in [-0.2, -0.15) is 0 Å². The molecule has 0 aliphatic heterocycles. The fourth-order valence-corrected chi connectivity index (χ4v) is 2.71. The number of Topliss-reactive ketones (excluding diaryl/α,β-unsaturated/α-hetero) is 1. The smallest absolute Gasteiger partial charge is 0.355 e. The van der Waals surface area contributed by atoms with E-state index in [-0.39, 0.29) is 28.8 Å². The van der Waals surface area contributed by atoms with Crippen molar-refractivity contribution in [2.75, 3.05) is 13.2 Å². The summed E-state index contributed by atoms with van der Waals surface area (Å²) in [5.74, 6) is -1.04. The molecule has 1 heterocycles. The van der Waals surface area contributed by atoms with Gasteiger partial charge in [-0.3, -0.25) is 14.9 Å². The molecule has 0 amide bonds. The van der Waals surface area contributed by atoms with E-state index in [9.17, 15) is 19.7 Å². The molecule has 2 rings (SSSR count). The minimum Gasteiger partial charge on any atom is -0.478 e. The van der Waals surface area contributed by atoms with Crippen LogP contribution in [0, 0.1) is 24.0 Å². The summed E-state index contributed by atoms with van der Waals surface area (Å²) >= 11 is 5.74. The largest absolute Gasteiger partial charge is 0.478 e. The molecule has 0 aliphatic carbocycles. The Morgan fingerprint density at radius 3 is 2.62 bits per heavy atom. The van der Waals surface area contributed by atoms with Crippen molar-refractivity contribution in [2.45, 2.75) is 20.8 Å². The Morgan fingerprint density at radius 2 is 2.00 bits per heavy atom. The van der Waals surface area contributed by atoms with Crippen molar-refractivity contribution in [2.24, 2.45) is 0 Å². The molecule has 0 saturated heterocycles. The molecule has 1 aromatic carbocycles. The molecule has 1 N–H and O–H groups in total. The standard InChI is InChI=1S/C17H17ClN2O6/c1-4-25-17(22)16-9(2)15(10(3)19-16)13(21)8-26-14-6-5-11(18)7-12(14)20(23)24/h5-7,19H,4,8H2,1-3H3. The monoisotopic (exact) mass is 380 g/mol. The maximum atomic E-state index is 12.5. The van der Waals surface area contributed by atoms with Crippen LogP contribution in [0.5, 0.6) is 5.75 Å². The lowest BCUT2D eigenvalue weighted by Gasteiger charge is -2.07. The van der Waals surface area contributed by atoms with Crippen LogP contribution in [0.15, 0.2) is 18.2 Å². The number of ketones is 1. The van der Waals surface area contributed by atoms with E-state index in [4.69, 9.17) is 21.1 Å². The van der Waals surface area contributed by atoms with Gasteiger partial charge >= 0.3 is 11.7 Å². The number of hydrogen-bond acceptors (Lipinski definition) is 6. The van der Waals surface area contributed by atoms with E-state index in [0.29, 0.717) is 16.8 Å². The highest BCUT2D eigenvalue weighted by Gasteiger charge is 2.24. The van der Waals surface area contributed by atoms with Gasteiger partial charge in [-0.15, -0.1) is 0 Å². The molecule has 2 aromatic rings. The molecule has 1 aromatic heterocycles. The van der Waals surface area contributed by atoms with Gasteiger partial charge in [-0.1, -0.05) is 11.6 Å². The maximum Gasteiger partial charge on any atom is 0.355 e. The van der Waals surface area contributed by atoms with Crippen molar-refractivity contribution in [1.29, 1.82) is 0 Å². The van der Waals surface area contributed by atoms with Gasteiger partial charge in [0.05, 0.1) is 11.5 Å². The fourth-order valence-electron chi connectivity index (χ4n) is 2.55. The molecule has 0 saturated carbocycles. The van der Waals surface area contributed by atoms with Crippen molar-refractivity contribution in [3.63, 3.8) is 0 Å². The minimum atomic E-state index is -0.642. The number of esters is 1. The van der Waals surface area contributed by atoms with Crippen molar-refractivity contribution in [3.8, 4) is 5.75 Å². The Kier molecular flexibility index (Phi) is 5.99. The van der Waals surface area contributed by atoms with Gasteiger partial charge < -0.3 is 14.5 Å². The average Bonchev–Trinajstić information content (AvgIpc) is 2.88. The van der Waals surface area contributed by atoms with Crippen LogP contribution in [0.2, 0.25) is 5.02 Å². The van der Waals surface area contributed by atoms with Gasteiger partial charge in [0.1, 0.15) is 5.69 Å². The Hall–Kier alpha value is -2.87. The normalized spacial score (nSPS) is 10.5. The number of carbonyl (C=O) groups excluding carboxylic acids is 2. The topological polar surface area (TPSA) is 112 Å². The quantitative estimate of drug-likeness (QED) is 0.340. The molecule has 0 unspecified atom stereocenters. The Balaban J connectivity index is 2.22. The average molecular weight is 381 g/mol. The van der Waals surface area contributed by atoms with E-state index in [1.54, 1.807) is 20.8 Å². The van der Waals surface area contributed by atoms with E-state index in [1.807, 2.05) is 0 Å². The van der Waals surface area contributed by atoms with E-state index in [2.05, 4.69) is 4.98 Å². The van der Waals surface area contributed by atoms with E-state index in [1.165, 1.54) is 12.1 Å². The summed E-state index contributed by atoms with van der Waals surface area (Å²) in [4.78, 5) is 37.7. The number of nitro benzene ring substituents is 1. The molecule has 0 bridgehead atoms. The molecule has 8 nitrogen and oxygen atoms in total. The van der Waals surface area contributed by atoms with Crippen LogP contribution in [-0.2, 0) is 4.74 Å². The van der Waals surface area contributed by atoms with Gasteiger partial charge in [0.15, 0.2) is 12.4 Å². The first-order valence-corrected chi connectivity index (χ1v) is 8.10. The van der Waals surface area contributed by atoms with Gasteiger partial charge in [0.25, 0.3) is 0 Å². The van der Waals surface area contributed by atoms with Crippen molar-refractivity contribution < 1.29 is 24.0 Å². The number of rotatable bonds is 7. The highest BCUT2D eigenvalue weighted by atomic mass is 35.5. The summed E-state index contributed by atoms with van der Waals surface area (Å²) in [5, 5.41) is 11.2. The summed E-state index contributed by atoms with van der Waals surface area (Å²) < 4.78 is 10.3. The third-order valence-corrected chi connectivity index (χ3v) is 3.91. The first kappa shape index (κ1) is 19.5. The van der Waals surface area contributed by atoms with Crippen molar-refractivity contribution in [3.05, 3.63) is 55.9 Å². The van der Waals surface area contributed by atoms with Crippen LogP contribution >= 0.6 is 11.6 Å². The second-order valence-corrected chi connectivity index (χ2v) is 5.86. The molecular formula is C17H17ClN2O6. The Labute approximate surface area is 154 Å². The molecule has 0 atom stereocenters. The number of aromatic nitrogens is 1. The number of aryl methyl sites for hydroxylation is 1. The number of halogens is 1. The lowest BCUT2D eigenvalue weighted by Crippen LogP contribution is -2.14. The Bertz CT molecular complexity index is 874. The first-order chi connectivity index (χ1) is 12.3. The number of benzene rings is 1. The van der Waals surface area contributed by atoms with Gasteiger partial charge in [0.2, 0.25) is 5.78 Å². The zero-order valence-electron chi connectivity index (χ0n) is 14.4. The molecule has 0 aliphatic rings. The third kappa shape index (κ3) is 4.02. The summed E-state index contributed by atoms with van der Waals surface area (Å²) in [7, 11) is 0. The molecule has 26 heavy (non-hydrogen) atoms. The fraction of sp³-hybridized carbons (Fsp3) is 0.294. The van der Waals surface area contributed by atoms with Gasteiger partial charge in [-0.05, 0) is 38.5 Å². The van der Waals surface area contributed by atoms with E-state index < -0.39 is 23.3 Å². The molecule has 0 fully saturated rings. The Morgan fingerprint density at radius 1 is 1.31 bits per heavy atom. The van der Waals surface area contributed by atoms with E-state index >= 15 is 0 Å². The van der Waals surface area contributed by atoms with Gasteiger partial charge in [0, 0.05) is 22.3 Å². The highest BCUT2D eigenvalue weighted by Crippen LogP contribution is 2.30. The highest BCUT2D eigenvalue weighted by molar-refractivity contribution is 6.30. The lowest BCUT2D eigenvalue weighted by atomic mass is 10.1. The minimum absolute atomic E-state index is 0.0655.